The van der Waals surface area contributed by atoms with E-state index < -0.39 is 15.6 Å². The molecule has 55 valence electrons. The van der Waals surface area contributed by atoms with Gasteiger partial charge in [0.15, 0.2) is 0 Å². The molecule has 0 fully saturated rings. The maximum absolute atomic E-state index is 10.3. The molecule has 0 spiro atoms. The monoisotopic (exact) mass is 153 g/mol. The second-order valence-electron chi connectivity index (χ2n) is 1.73. The standard InChI is InChI=1S/C4H9O4S/c1-2-3-4(5)9(6,7)8/h4H,2-3H2,1H3,(H,6,7,8). The molecule has 0 rings (SSSR count). The quantitative estimate of drug-likeness (QED) is 0.597. The van der Waals surface area contributed by atoms with Crippen molar-refractivity contribution in [2.24, 2.45) is 0 Å². The zero-order chi connectivity index (χ0) is 7.49. The molecule has 0 saturated carbocycles. The van der Waals surface area contributed by atoms with Crippen molar-refractivity contribution in [1.82, 2.24) is 0 Å². The van der Waals surface area contributed by atoms with Crippen molar-refractivity contribution in [2.45, 2.75) is 25.2 Å². The van der Waals surface area contributed by atoms with Crippen molar-refractivity contribution in [2.75, 3.05) is 0 Å². The molecule has 0 amide bonds. The van der Waals surface area contributed by atoms with E-state index in [0.29, 0.717) is 6.42 Å². The summed E-state index contributed by atoms with van der Waals surface area (Å²) in [6, 6.07) is 0. The van der Waals surface area contributed by atoms with Gasteiger partial charge in [-0.2, -0.15) is 8.42 Å². The maximum atomic E-state index is 10.3. The van der Waals surface area contributed by atoms with Crippen LogP contribution in [0.1, 0.15) is 19.8 Å². The van der Waals surface area contributed by atoms with Crippen molar-refractivity contribution >= 4 is 10.1 Å². The Morgan fingerprint density at radius 1 is 1.56 bits per heavy atom. The molecule has 0 aromatic heterocycles. The first-order valence-corrected chi connectivity index (χ1v) is 4.11. The Balaban J connectivity index is 3.90. The fourth-order valence-electron chi connectivity index (χ4n) is 0.385. The highest BCUT2D eigenvalue weighted by Crippen LogP contribution is 2.02. The first kappa shape index (κ1) is 8.87. The Morgan fingerprint density at radius 2 is 2.00 bits per heavy atom. The minimum Gasteiger partial charge on any atom is -0.283 e. The predicted molar refractivity (Wildman–Crippen MR) is 30.9 cm³/mol. The molecule has 0 aliphatic rings. The minimum absolute atomic E-state index is 0.0289. The van der Waals surface area contributed by atoms with E-state index >= 15 is 0 Å². The average Bonchev–Trinajstić information content (AvgIpc) is 1.64. The van der Waals surface area contributed by atoms with Gasteiger partial charge in [-0.05, 0) is 6.42 Å². The summed E-state index contributed by atoms with van der Waals surface area (Å²) in [7, 11) is -4.32. The van der Waals surface area contributed by atoms with Gasteiger partial charge in [0.2, 0.25) is 5.44 Å². The molecule has 1 unspecified atom stereocenters. The SMILES string of the molecule is CCCC([O])S(=O)(=O)O. The van der Waals surface area contributed by atoms with Crippen LogP contribution in [0.3, 0.4) is 0 Å². The third-order valence-electron chi connectivity index (χ3n) is 0.857. The fourth-order valence-corrected chi connectivity index (χ4v) is 0.918. The molecule has 0 bridgehead atoms. The number of hydrogen-bond acceptors (Lipinski definition) is 2. The minimum atomic E-state index is -4.32. The molecular formula is C4H9O4S. The molecule has 0 aromatic rings. The summed E-state index contributed by atoms with van der Waals surface area (Å²) >= 11 is 0. The summed E-state index contributed by atoms with van der Waals surface area (Å²) in [5.41, 5.74) is -1.86. The number of rotatable bonds is 3. The van der Waals surface area contributed by atoms with Gasteiger partial charge < -0.3 is 0 Å². The molecule has 4 nitrogen and oxygen atoms in total. The van der Waals surface area contributed by atoms with E-state index in [1.807, 2.05) is 0 Å². The summed E-state index contributed by atoms with van der Waals surface area (Å²) in [5, 5.41) is 10.3. The highest BCUT2D eigenvalue weighted by Gasteiger charge is 2.19. The van der Waals surface area contributed by atoms with Gasteiger partial charge in [-0.1, -0.05) is 13.3 Å². The van der Waals surface area contributed by atoms with E-state index in [-0.39, 0.29) is 6.42 Å². The summed E-state index contributed by atoms with van der Waals surface area (Å²) in [6.07, 6.45) is 0.437. The molecule has 0 saturated heterocycles. The summed E-state index contributed by atoms with van der Waals surface area (Å²) in [6.45, 7) is 1.68. The van der Waals surface area contributed by atoms with E-state index in [4.69, 9.17) is 4.55 Å². The van der Waals surface area contributed by atoms with Gasteiger partial charge in [0, 0.05) is 0 Å². The van der Waals surface area contributed by atoms with Crippen LogP contribution in [-0.2, 0) is 15.2 Å². The molecule has 0 heterocycles. The van der Waals surface area contributed by atoms with Gasteiger partial charge in [-0.15, -0.1) is 0 Å². The van der Waals surface area contributed by atoms with Crippen LogP contribution in [0.2, 0.25) is 0 Å². The molecule has 0 aliphatic heterocycles. The normalized spacial score (nSPS) is 15.4. The van der Waals surface area contributed by atoms with E-state index in [0.717, 1.165) is 0 Å². The van der Waals surface area contributed by atoms with Crippen LogP contribution in [0.4, 0.5) is 0 Å². The van der Waals surface area contributed by atoms with Crippen molar-refractivity contribution < 1.29 is 18.1 Å². The third-order valence-corrected chi connectivity index (χ3v) is 1.76. The smallest absolute Gasteiger partial charge is 0.283 e. The molecule has 1 radical (unpaired) electrons. The van der Waals surface area contributed by atoms with Crippen LogP contribution in [0.15, 0.2) is 0 Å². The van der Waals surface area contributed by atoms with Crippen LogP contribution in [0, 0.1) is 0 Å². The van der Waals surface area contributed by atoms with E-state index in [2.05, 4.69) is 0 Å². The Bertz CT molecular complexity index is 159. The summed E-state index contributed by atoms with van der Waals surface area (Å²) in [4.78, 5) is 0. The van der Waals surface area contributed by atoms with Gasteiger partial charge in [0.05, 0.1) is 0 Å². The van der Waals surface area contributed by atoms with Gasteiger partial charge in [0.1, 0.15) is 0 Å². The first-order valence-electron chi connectivity index (χ1n) is 2.60. The lowest BCUT2D eigenvalue weighted by Gasteiger charge is -1.99. The van der Waals surface area contributed by atoms with E-state index in [1.165, 1.54) is 0 Å². The zero-order valence-corrected chi connectivity index (χ0v) is 5.89. The number of hydrogen-bond donors (Lipinski definition) is 1. The Labute approximate surface area is 54.3 Å². The van der Waals surface area contributed by atoms with E-state index in [9.17, 15) is 13.5 Å². The average molecular weight is 153 g/mol. The van der Waals surface area contributed by atoms with Crippen LogP contribution >= 0.6 is 0 Å². The molecule has 9 heavy (non-hydrogen) atoms. The van der Waals surface area contributed by atoms with Gasteiger partial charge >= 0.3 is 0 Å². The third kappa shape index (κ3) is 3.45. The van der Waals surface area contributed by atoms with Crippen molar-refractivity contribution in [3.05, 3.63) is 0 Å². The first-order chi connectivity index (χ1) is 3.98. The van der Waals surface area contributed by atoms with E-state index in [1.54, 1.807) is 6.92 Å². The Morgan fingerprint density at radius 3 is 2.11 bits per heavy atom. The largest absolute Gasteiger partial charge is 0.295 e. The second kappa shape index (κ2) is 3.14. The molecule has 0 aliphatic carbocycles. The molecular weight excluding hydrogens is 144 g/mol. The lowest BCUT2D eigenvalue weighted by Crippen LogP contribution is -2.17. The lowest BCUT2D eigenvalue weighted by molar-refractivity contribution is 0.137. The van der Waals surface area contributed by atoms with Crippen LogP contribution in [0.25, 0.3) is 0 Å². The van der Waals surface area contributed by atoms with Gasteiger partial charge in [0.25, 0.3) is 10.1 Å². The Kier molecular flexibility index (Phi) is 3.10. The lowest BCUT2D eigenvalue weighted by atomic mass is 10.4. The zero-order valence-electron chi connectivity index (χ0n) is 5.07. The maximum Gasteiger partial charge on any atom is 0.295 e. The summed E-state index contributed by atoms with van der Waals surface area (Å²) in [5.74, 6) is 0. The van der Waals surface area contributed by atoms with Crippen LogP contribution < -0.4 is 0 Å². The molecule has 5 heteroatoms. The van der Waals surface area contributed by atoms with Crippen LogP contribution in [-0.4, -0.2) is 18.4 Å². The van der Waals surface area contributed by atoms with Crippen molar-refractivity contribution in [3.8, 4) is 0 Å². The topological polar surface area (TPSA) is 74.3 Å². The predicted octanol–water partition coefficient (Wildman–Crippen LogP) is 0.431. The fraction of sp³-hybridized carbons (Fsp3) is 1.00. The van der Waals surface area contributed by atoms with Gasteiger partial charge in [-0.25, -0.2) is 5.11 Å². The highest BCUT2D eigenvalue weighted by molar-refractivity contribution is 7.86. The van der Waals surface area contributed by atoms with Crippen molar-refractivity contribution in [1.29, 1.82) is 0 Å². The molecule has 1 N–H and O–H groups in total. The van der Waals surface area contributed by atoms with Crippen LogP contribution in [0.5, 0.6) is 0 Å². The van der Waals surface area contributed by atoms with Crippen molar-refractivity contribution in [3.63, 3.8) is 0 Å². The second-order valence-corrected chi connectivity index (χ2v) is 3.29. The molecule has 1 atom stereocenters. The summed E-state index contributed by atoms with van der Waals surface area (Å²) < 4.78 is 28.0. The molecule has 0 aromatic carbocycles. The Hall–Kier alpha value is -0.130. The van der Waals surface area contributed by atoms with Gasteiger partial charge in [-0.3, -0.25) is 4.55 Å². The highest BCUT2D eigenvalue weighted by atomic mass is 32.2.